The van der Waals surface area contributed by atoms with Crippen LogP contribution in [0.25, 0.3) is 0 Å². The van der Waals surface area contributed by atoms with E-state index in [1.807, 2.05) is 38.2 Å². The first-order valence-electron chi connectivity index (χ1n) is 9.11. The third-order valence-corrected chi connectivity index (χ3v) is 2.74. The second kappa shape index (κ2) is 30.1. The Bertz CT molecular complexity index is 364. The van der Waals surface area contributed by atoms with Crippen LogP contribution < -0.4 is 5.32 Å². The number of rotatable bonds is 11. The maximum atomic E-state index is 11.1. The highest BCUT2D eigenvalue weighted by molar-refractivity contribution is 5.75. The number of carbonyl (C=O) groups is 1. The zero-order chi connectivity index (χ0) is 19.6. The molecule has 0 aromatic heterocycles. The van der Waals surface area contributed by atoms with Crippen LogP contribution in [0, 0.1) is 0 Å². The predicted molar refractivity (Wildman–Crippen MR) is 113 cm³/mol. The standard InChI is InChI=1S/C14H23NO2.2C4H8/c1-2-3-4-5-6-7-8-9-10-11-14(17)15-12-13-16;2*1-3-4-2/h2,4-5,7-8,16H,1,3,6,9-13H2,(H,15,17);3-4H,1-2H3;3H,1,4H2,2H3/b5-4-,8-7-;4-3-;. The largest absolute Gasteiger partial charge is 0.395 e. The van der Waals surface area contributed by atoms with E-state index in [-0.39, 0.29) is 12.5 Å². The highest BCUT2D eigenvalue weighted by atomic mass is 16.3. The van der Waals surface area contributed by atoms with Gasteiger partial charge in [-0.15, -0.1) is 13.2 Å². The van der Waals surface area contributed by atoms with Crippen LogP contribution >= 0.6 is 0 Å². The molecule has 0 atom stereocenters. The number of carbonyl (C=O) groups excluding carboxylic acids is 1. The Morgan fingerprint density at radius 1 is 1.00 bits per heavy atom. The molecule has 0 saturated carbocycles. The van der Waals surface area contributed by atoms with Gasteiger partial charge in [0.1, 0.15) is 0 Å². The molecule has 144 valence electrons. The molecule has 3 nitrogen and oxygen atoms in total. The number of nitrogens with one attached hydrogen (secondary N) is 1. The van der Waals surface area contributed by atoms with E-state index >= 15 is 0 Å². The van der Waals surface area contributed by atoms with Gasteiger partial charge in [-0.25, -0.2) is 0 Å². The number of aliphatic hydroxyl groups excluding tert-OH is 1. The third kappa shape index (κ3) is 39.2. The third-order valence-electron chi connectivity index (χ3n) is 2.74. The molecule has 0 bridgehead atoms. The van der Waals surface area contributed by atoms with E-state index in [0.29, 0.717) is 13.0 Å². The van der Waals surface area contributed by atoms with Crippen molar-refractivity contribution in [3.63, 3.8) is 0 Å². The first-order valence-corrected chi connectivity index (χ1v) is 9.11. The van der Waals surface area contributed by atoms with Gasteiger partial charge in [-0.05, 0) is 46.0 Å². The van der Waals surface area contributed by atoms with Crippen molar-refractivity contribution >= 4 is 5.91 Å². The number of hydrogen-bond acceptors (Lipinski definition) is 2. The number of hydrogen-bond donors (Lipinski definition) is 2. The quantitative estimate of drug-likeness (QED) is 0.382. The van der Waals surface area contributed by atoms with Crippen molar-refractivity contribution in [2.75, 3.05) is 13.2 Å². The molecule has 2 N–H and O–H groups in total. The molecule has 0 heterocycles. The smallest absolute Gasteiger partial charge is 0.220 e. The van der Waals surface area contributed by atoms with Crippen LogP contribution in [-0.2, 0) is 4.79 Å². The number of unbranched alkanes of at least 4 members (excludes halogenated alkanes) is 1. The van der Waals surface area contributed by atoms with E-state index in [2.05, 4.69) is 49.7 Å². The zero-order valence-corrected chi connectivity index (χ0v) is 16.5. The first kappa shape index (κ1) is 28.0. The van der Waals surface area contributed by atoms with Gasteiger partial charge in [0.15, 0.2) is 0 Å². The molecule has 0 aromatic carbocycles. The molecule has 3 heteroatoms. The summed E-state index contributed by atoms with van der Waals surface area (Å²) in [5.74, 6) is 0.0123. The van der Waals surface area contributed by atoms with Gasteiger partial charge in [0.25, 0.3) is 0 Å². The van der Waals surface area contributed by atoms with Crippen molar-refractivity contribution < 1.29 is 9.90 Å². The van der Waals surface area contributed by atoms with Gasteiger partial charge in [-0.3, -0.25) is 4.79 Å². The zero-order valence-electron chi connectivity index (χ0n) is 16.5. The number of allylic oxidation sites excluding steroid dienone is 8. The Hall–Kier alpha value is -1.87. The highest BCUT2D eigenvalue weighted by Gasteiger charge is 1.97. The van der Waals surface area contributed by atoms with E-state index in [1.165, 1.54) is 0 Å². The molecule has 0 spiro atoms. The lowest BCUT2D eigenvalue weighted by Crippen LogP contribution is -2.25. The molecule has 0 aromatic rings. The minimum absolute atomic E-state index is 0.00266. The summed E-state index contributed by atoms with van der Waals surface area (Å²) in [5.41, 5.74) is 0. The molecule has 0 saturated heterocycles. The summed E-state index contributed by atoms with van der Waals surface area (Å²) in [6, 6.07) is 0. The minimum atomic E-state index is 0.00266. The van der Waals surface area contributed by atoms with E-state index in [4.69, 9.17) is 5.11 Å². The predicted octanol–water partition coefficient (Wildman–Crippen LogP) is 5.51. The normalized spacial score (nSPS) is 10.1. The maximum Gasteiger partial charge on any atom is 0.220 e. The van der Waals surface area contributed by atoms with Gasteiger partial charge in [0, 0.05) is 13.0 Å². The average Bonchev–Trinajstić information content (AvgIpc) is 2.65. The molecule has 0 aliphatic carbocycles. The molecule has 0 fully saturated rings. The topological polar surface area (TPSA) is 49.3 Å². The lowest BCUT2D eigenvalue weighted by atomic mass is 10.2. The molecule has 1 amide bonds. The van der Waals surface area contributed by atoms with Crippen molar-refractivity contribution in [1.82, 2.24) is 5.32 Å². The van der Waals surface area contributed by atoms with Gasteiger partial charge in [-0.1, -0.05) is 55.5 Å². The van der Waals surface area contributed by atoms with Crippen LogP contribution in [0.15, 0.2) is 61.8 Å². The summed E-state index contributed by atoms with van der Waals surface area (Å²) in [7, 11) is 0. The number of amides is 1. The second-order valence-electron chi connectivity index (χ2n) is 5.03. The summed E-state index contributed by atoms with van der Waals surface area (Å²) >= 11 is 0. The maximum absolute atomic E-state index is 11.1. The fourth-order valence-electron chi connectivity index (χ4n) is 1.25. The molecule has 25 heavy (non-hydrogen) atoms. The molecular formula is C22H39NO2. The SMILES string of the molecule is C/C=C\C.C=CC/C=C\C/C=C\CCCC(=O)NCCO.C=CCC. The Morgan fingerprint density at radius 3 is 2.04 bits per heavy atom. The summed E-state index contributed by atoms with van der Waals surface area (Å²) in [4.78, 5) is 11.1. The van der Waals surface area contributed by atoms with E-state index < -0.39 is 0 Å². The summed E-state index contributed by atoms with van der Waals surface area (Å²) in [6.45, 7) is 13.5. The summed E-state index contributed by atoms with van der Waals surface area (Å²) in [5, 5.41) is 11.1. The summed E-state index contributed by atoms with van der Waals surface area (Å²) < 4.78 is 0. The van der Waals surface area contributed by atoms with Crippen LogP contribution in [0.1, 0.15) is 59.3 Å². The fraction of sp³-hybridized carbons (Fsp3) is 0.500. The highest BCUT2D eigenvalue weighted by Crippen LogP contribution is 1.98. The Kier molecular flexibility index (Phi) is 33.6. The van der Waals surface area contributed by atoms with E-state index in [0.717, 1.165) is 32.1 Å². The second-order valence-corrected chi connectivity index (χ2v) is 5.03. The monoisotopic (exact) mass is 349 g/mol. The first-order chi connectivity index (χ1) is 12.1. The van der Waals surface area contributed by atoms with Crippen LogP contribution in [0.3, 0.4) is 0 Å². The molecule has 0 rings (SSSR count). The average molecular weight is 350 g/mol. The lowest BCUT2D eigenvalue weighted by molar-refractivity contribution is -0.121. The van der Waals surface area contributed by atoms with Crippen LogP contribution in [0.4, 0.5) is 0 Å². The Balaban J connectivity index is -0.000000503. The van der Waals surface area contributed by atoms with Crippen molar-refractivity contribution in [3.05, 3.63) is 61.8 Å². The van der Waals surface area contributed by atoms with Crippen molar-refractivity contribution in [3.8, 4) is 0 Å². The van der Waals surface area contributed by atoms with Gasteiger partial charge in [0.2, 0.25) is 5.91 Å². The van der Waals surface area contributed by atoms with Crippen molar-refractivity contribution in [2.45, 2.75) is 59.3 Å². The van der Waals surface area contributed by atoms with E-state index in [1.54, 1.807) is 0 Å². The van der Waals surface area contributed by atoms with Gasteiger partial charge in [-0.2, -0.15) is 0 Å². The fourth-order valence-corrected chi connectivity index (χ4v) is 1.25. The van der Waals surface area contributed by atoms with Crippen LogP contribution in [0.2, 0.25) is 0 Å². The van der Waals surface area contributed by atoms with Gasteiger partial charge >= 0.3 is 0 Å². The van der Waals surface area contributed by atoms with E-state index in [9.17, 15) is 4.79 Å². The Morgan fingerprint density at radius 2 is 1.56 bits per heavy atom. The molecule has 0 radical (unpaired) electrons. The van der Waals surface area contributed by atoms with Crippen molar-refractivity contribution in [1.29, 1.82) is 0 Å². The van der Waals surface area contributed by atoms with Crippen LogP contribution in [-0.4, -0.2) is 24.2 Å². The molecule has 0 aliphatic rings. The van der Waals surface area contributed by atoms with Crippen LogP contribution in [0.5, 0.6) is 0 Å². The summed E-state index contributed by atoms with van der Waals surface area (Å²) in [6.07, 6.45) is 21.4. The Labute approximate surface area is 155 Å². The van der Waals surface area contributed by atoms with Gasteiger partial charge < -0.3 is 10.4 Å². The lowest BCUT2D eigenvalue weighted by Gasteiger charge is -2.00. The van der Waals surface area contributed by atoms with Gasteiger partial charge in [0.05, 0.1) is 6.61 Å². The molecular weight excluding hydrogens is 310 g/mol. The number of aliphatic hydroxyl groups is 1. The molecule has 0 unspecified atom stereocenters. The molecule has 0 aliphatic heterocycles. The minimum Gasteiger partial charge on any atom is -0.395 e. The van der Waals surface area contributed by atoms with Crippen molar-refractivity contribution in [2.24, 2.45) is 0 Å².